The van der Waals surface area contributed by atoms with E-state index < -0.39 is 20.0 Å². The third-order valence-electron chi connectivity index (χ3n) is 2.55. The molecule has 108 valence electrons. The molecule has 0 fully saturated rings. The molecule has 0 aliphatic rings. The van der Waals surface area contributed by atoms with E-state index in [0.29, 0.717) is 0 Å². The van der Waals surface area contributed by atoms with Gasteiger partial charge in [-0.25, -0.2) is 27.1 Å². The number of nitrogens with two attached hydrogens (primary N) is 2. The van der Waals surface area contributed by atoms with Gasteiger partial charge in [-0.15, -0.1) is 0 Å². The van der Waals surface area contributed by atoms with Crippen LogP contribution in [0.3, 0.4) is 0 Å². The Hall–Kier alpha value is -1.00. The maximum atomic E-state index is 11.1. The van der Waals surface area contributed by atoms with E-state index in [2.05, 4.69) is 5.32 Å². The molecule has 0 amide bonds. The maximum absolute atomic E-state index is 11.1. The van der Waals surface area contributed by atoms with Gasteiger partial charge in [0.25, 0.3) is 0 Å². The summed E-state index contributed by atoms with van der Waals surface area (Å²) in [5, 5.41) is 12.8. The van der Waals surface area contributed by atoms with E-state index in [4.69, 9.17) is 10.3 Å². The van der Waals surface area contributed by atoms with Crippen molar-refractivity contribution < 1.29 is 16.8 Å². The summed E-state index contributed by atoms with van der Waals surface area (Å²) in [6, 6.07) is 5.92. The van der Waals surface area contributed by atoms with Gasteiger partial charge in [-0.1, -0.05) is 12.1 Å². The summed E-state index contributed by atoms with van der Waals surface area (Å²) in [5.41, 5.74) is 0.821. The minimum absolute atomic E-state index is 0.0352. The molecule has 0 aliphatic heterocycles. The van der Waals surface area contributed by atoms with Gasteiger partial charge in [0.2, 0.25) is 20.0 Å². The van der Waals surface area contributed by atoms with Crippen molar-refractivity contribution in [3.05, 3.63) is 29.8 Å². The summed E-state index contributed by atoms with van der Waals surface area (Å²) in [6.45, 7) is 2.05. The van der Waals surface area contributed by atoms with E-state index in [9.17, 15) is 16.8 Å². The van der Waals surface area contributed by atoms with Gasteiger partial charge in [0.05, 0.1) is 10.6 Å². The SMILES string of the molecule is CC(NCCS(N)(=O)=O)c1ccc(S(N)(=O)=O)cc1. The minimum Gasteiger partial charge on any atom is -0.309 e. The maximum Gasteiger partial charge on any atom is 0.238 e. The van der Waals surface area contributed by atoms with Crippen LogP contribution in [0.2, 0.25) is 0 Å². The van der Waals surface area contributed by atoms with E-state index in [0.717, 1.165) is 5.56 Å². The molecule has 0 bridgehead atoms. The largest absolute Gasteiger partial charge is 0.309 e. The fourth-order valence-corrected chi connectivity index (χ4v) is 2.40. The first-order valence-electron chi connectivity index (χ1n) is 5.46. The molecule has 1 aromatic carbocycles. The van der Waals surface area contributed by atoms with Gasteiger partial charge < -0.3 is 5.32 Å². The first-order valence-corrected chi connectivity index (χ1v) is 8.72. The Bertz CT molecular complexity index is 623. The second-order valence-electron chi connectivity index (χ2n) is 4.16. The van der Waals surface area contributed by atoms with E-state index in [1.165, 1.54) is 12.1 Å². The summed E-state index contributed by atoms with van der Waals surface area (Å²) >= 11 is 0. The second kappa shape index (κ2) is 5.97. The zero-order chi connectivity index (χ0) is 14.7. The molecule has 5 N–H and O–H groups in total. The van der Waals surface area contributed by atoms with Crippen LogP contribution in [0.1, 0.15) is 18.5 Å². The van der Waals surface area contributed by atoms with Gasteiger partial charge in [-0.2, -0.15) is 0 Å². The van der Waals surface area contributed by atoms with Crippen molar-refractivity contribution in [3.8, 4) is 0 Å². The zero-order valence-electron chi connectivity index (χ0n) is 10.4. The van der Waals surface area contributed by atoms with Crippen LogP contribution in [0.4, 0.5) is 0 Å². The Morgan fingerprint density at radius 2 is 1.63 bits per heavy atom. The van der Waals surface area contributed by atoms with Crippen LogP contribution in [0.15, 0.2) is 29.2 Å². The molecule has 1 unspecified atom stereocenters. The van der Waals surface area contributed by atoms with Crippen molar-refractivity contribution in [3.63, 3.8) is 0 Å². The molecule has 9 heteroatoms. The highest BCUT2D eigenvalue weighted by Gasteiger charge is 2.10. The molecule has 0 heterocycles. The van der Waals surface area contributed by atoms with Gasteiger partial charge in [0.15, 0.2) is 0 Å². The van der Waals surface area contributed by atoms with Gasteiger partial charge >= 0.3 is 0 Å². The Labute approximate surface area is 113 Å². The number of sulfonamides is 2. The molecular formula is C10H17N3O4S2. The Kier molecular flexibility index (Phi) is 5.04. The Morgan fingerprint density at radius 3 is 2.05 bits per heavy atom. The lowest BCUT2D eigenvalue weighted by Crippen LogP contribution is -2.28. The smallest absolute Gasteiger partial charge is 0.238 e. The summed E-state index contributed by atoms with van der Waals surface area (Å²) in [7, 11) is -7.18. The molecule has 7 nitrogen and oxygen atoms in total. The topological polar surface area (TPSA) is 132 Å². The van der Waals surface area contributed by atoms with Gasteiger partial charge in [-0.05, 0) is 24.6 Å². The van der Waals surface area contributed by atoms with E-state index in [1.54, 1.807) is 12.1 Å². The van der Waals surface area contributed by atoms with Crippen molar-refractivity contribution in [2.75, 3.05) is 12.3 Å². The first kappa shape index (κ1) is 16.1. The zero-order valence-corrected chi connectivity index (χ0v) is 12.0. The summed E-state index contributed by atoms with van der Waals surface area (Å²) in [4.78, 5) is 0.0352. The number of primary sulfonamides is 2. The molecule has 1 atom stereocenters. The molecule has 0 spiro atoms. The Morgan fingerprint density at radius 1 is 1.11 bits per heavy atom. The lowest BCUT2D eigenvalue weighted by atomic mass is 10.1. The van der Waals surface area contributed by atoms with Crippen LogP contribution in [0.5, 0.6) is 0 Å². The molecule has 0 saturated heterocycles. The number of hydrogen-bond acceptors (Lipinski definition) is 5. The van der Waals surface area contributed by atoms with Crippen molar-refractivity contribution in [2.24, 2.45) is 10.3 Å². The van der Waals surface area contributed by atoms with E-state index in [-0.39, 0.29) is 23.2 Å². The van der Waals surface area contributed by atoms with E-state index >= 15 is 0 Å². The molecule has 1 rings (SSSR count). The molecule has 0 radical (unpaired) electrons. The van der Waals surface area contributed by atoms with Crippen molar-refractivity contribution >= 4 is 20.0 Å². The predicted octanol–water partition coefficient (Wildman–Crippen LogP) is -0.727. The third-order valence-corrected chi connectivity index (χ3v) is 4.25. The van der Waals surface area contributed by atoms with Crippen LogP contribution in [0.25, 0.3) is 0 Å². The van der Waals surface area contributed by atoms with Crippen LogP contribution >= 0.6 is 0 Å². The number of hydrogen-bond donors (Lipinski definition) is 3. The van der Waals surface area contributed by atoms with Crippen LogP contribution in [-0.2, 0) is 20.0 Å². The number of nitrogens with one attached hydrogen (secondary N) is 1. The minimum atomic E-state index is -3.70. The molecule has 0 aliphatic carbocycles. The second-order valence-corrected chi connectivity index (χ2v) is 7.45. The number of benzene rings is 1. The van der Waals surface area contributed by atoms with Crippen LogP contribution in [0, 0.1) is 0 Å². The monoisotopic (exact) mass is 307 g/mol. The van der Waals surface area contributed by atoms with Crippen molar-refractivity contribution in [1.82, 2.24) is 5.32 Å². The van der Waals surface area contributed by atoms with E-state index in [1.807, 2.05) is 6.92 Å². The molecule has 0 aromatic heterocycles. The van der Waals surface area contributed by atoms with Gasteiger partial charge in [-0.3, -0.25) is 0 Å². The van der Waals surface area contributed by atoms with Crippen LogP contribution < -0.4 is 15.6 Å². The lowest BCUT2D eigenvalue weighted by Gasteiger charge is -2.14. The highest BCUT2D eigenvalue weighted by Crippen LogP contribution is 2.15. The average Bonchev–Trinajstić information content (AvgIpc) is 2.26. The third kappa shape index (κ3) is 5.66. The predicted molar refractivity (Wildman–Crippen MR) is 72.2 cm³/mol. The molecule has 1 aromatic rings. The standard InChI is InChI=1S/C10H17N3O4S2/c1-8(13-6-7-18(11,14)15)9-2-4-10(5-3-9)19(12,16)17/h2-5,8,13H,6-7H2,1H3,(H2,11,14,15)(H2,12,16,17). The lowest BCUT2D eigenvalue weighted by molar-refractivity contribution is 0.572. The first-order chi connectivity index (χ1) is 8.59. The summed E-state index contributed by atoms with van der Waals surface area (Å²) < 4.78 is 43.7. The Balaban J connectivity index is 2.66. The summed E-state index contributed by atoms with van der Waals surface area (Å²) in [6.07, 6.45) is 0. The summed E-state index contributed by atoms with van der Waals surface area (Å²) in [5.74, 6) is -0.160. The van der Waals surface area contributed by atoms with Gasteiger partial charge in [0.1, 0.15) is 0 Å². The fourth-order valence-electron chi connectivity index (χ4n) is 1.48. The highest BCUT2D eigenvalue weighted by atomic mass is 32.2. The van der Waals surface area contributed by atoms with Crippen LogP contribution in [-0.4, -0.2) is 29.1 Å². The van der Waals surface area contributed by atoms with Crippen molar-refractivity contribution in [2.45, 2.75) is 17.9 Å². The normalized spacial score (nSPS) is 14.3. The molecule has 0 saturated carbocycles. The quantitative estimate of drug-likeness (QED) is 0.637. The molecule has 19 heavy (non-hydrogen) atoms. The van der Waals surface area contributed by atoms with Gasteiger partial charge in [0, 0.05) is 12.6 Å². The number of rotatable bonds is 6. The van der Waals surface area contributed by atoms with Crippen molar-refractivity contribution in [1.29, 1.82) is 0 Å². The average molecular weight is 307 g/mol. The molecular weight excluding hydrogens is 290 g/mol. The highest BCUT2D eigenvalue weighted by molar-refractivity contribution is 7.89. The fraction of sp³-hybridized carbons (Fsp3) is 0.400.